The minimum Gasteiger partial charge on any atom is -0.306 e. The molecule has 1 amide bonds. The lowest BCUT2D eigenvalue weighted by Crippen LogP contribution is -2.43. The molecule has 1 heterocycles. The smallest absolute Gasteiger partial charge is 0.241 e. The molecule has 1 aromatic rings. The lowest BCUT2D eigenvalue weighted by atomic mass is 10.6. The maximum atomic E-state index is 10.5. The predicted molar refractivity (Wildman–Crippen MR) is 38.9 cm³/mol. The van der Waals surface area contributed by atoms with Gasteiger partial charge in [0.1, 0.15) is 0 Å². The number of carbonyl (C=O) groups is 1. The molecule has 3 N–H and O–H groups in total. The Morgan fingerprint density at radius 1 is 1.82 bits per heavy atom. The zero-order valence-corrected chi connectivity index (χ0v) is 6.11. The normalized spacial score (nSPS) is 9.18. The monoisotopic (exact) mass is 153 g/mol. The fraction of sp³-hybridized carbons (Fsp3) is 0.167. The number of carbonyl (C=O) groups excluding carboxylic acids is 1. The molecular formula is C6H9N4O+. The molecule has 11 heavy (non-hydrogen) atoms. The van der Waals surface area contributed by atoms with Gasteiger partial charge in [-0.1, -0.05) is 4.68 Å². The molecular weight excluding hydrogens is 144 g/mol. The van der Waals surface area contributed by atoms with E-state index in [-0.39, 0.29) is 5.91 Å². The number of hydrogen-bond acceptors (Lipinski definition) is 3. The van der Waals surface area contributed by atoms with Crippen molar-refractivity contribution in [3.8, 4) is 0 Å². The van der Waals surface area contributed by atoms with E-state index in [1.165, 1.54) is 24.0 Å². The number of amides is 1. The third-order valence-electron chi connectivity index (χ3n) is 1.03. The SMILES string of the molecule is CC(=O)Nc1c[n+](N)ccn1. The van der Waals surface area contributed by atoms with Crippen LogP contribution in [-0.2, 0) is 4.79 Å². The number of nitrogens with one attached hydrogen (secondary N) is 1. The van der Waals surface area contributed by atoms with Crippen LogP contribution in [0.1, 0.15) is 6.92 Å². The molecule has 5 nitrogen and oxygen atoms in total. The van der Waals surface area contributed by atoms with Gasteiger partial charge in [-0.15, -0.1) is 0 Å². The highest BCUT2D eigenvalue weighted by Gasteiger charge is 2.00. The first-order valence-electron chi connectivity index (χ1n) is 3.08. The molecule has 0 aliphatic rings. The largest absolute Gasteiger partial charge is 0.306 e. The van der Waals surface area contributed by atoms with Crippen LogP contribution in [0.4, 0.5) is 5.82 Å². The van der Waals surface area contributed by atoms with Crippen molar-refractivity contribution in [2.75, 3.05) is 11.2 Å². The van der Waals surface area contributed by atoms with Crippen molar-refractivity contribution < 1.29 is 9.47 Å². The first-order chi connectivity index (χ1) is 5.18. The second kappa shape index (κ2) is 2.96. The number of anilines is 1. The topological polar surface area (TPSA) is 71.9 Å². The Labute approximate surface area is 63.8 Å². The van der Waals surface area contributed by atoms with Gasteiger partial charge in [-0.3, -0.25) is 4.79 Å². The molecule has 0 unspecified atom stereocenters. The molecule has 1 aromatic heterocycles. The summed E-state index contributed by atoms with van der Waals surface area (Å²) in [6.45, 7) is 1.41. The van der Waals surface area contributed by atoms with E-state index >= 15 is 0 Å². The molecule has 0 aromatic carbocycles. The Kier molecular flexibility index (Phi) is 2.00. The van der Waals surface area contributed by atoms with Gasteiger partial charge >= 0.3 is 0 Å². The van der Waals surface area contributed by atoms with Crippen LogP contribution < -0.4 is 15.8 Å². The van der Waals surface area contributed by atoms with E-state index in [1.54, 1.807) is 6.20 Å². The number of nitrogens with two attached hydrogens (primary N) is 1. The minimum atomic E-state index is -0.163. The number of hydrogen-bond donors (Lipinski definition) is 2. The van der Waals surface area contributed by atoms with Crippen LogP contribution in [0.5, 0.6) is 0 Å². The van der Waals surface area contributed by atoms with E-state index in [0.29, 0.717) is 5.82 Å². The third kappa shape index (κ3) is 2.21. The number of nitrogen functional groups attached to an aromatic ring is 1. The van der Waals surface area contributed by atoms with E-state index in [9.17, 15) is 4.79 Å². The highest BCUT2D eigenvalue weighted by atomic mass is 16.1. The van der Waals surface area contributed by atoms with Gasteiger partial charge in [-0.25, -0.2) is 10.8 Å². The van der Waals surface area contributed by atoms with Crippen LogP contribution in [0.15, 0.2) is 18.6 Å². The van der Waals surface area contributed by atoms with Gasteiger partial charge in [0.05, 0.1) is 6.20 Å². The van der Waals surface area contributed by atoms with Gasteiger partial charge in [-0.2, -0.15) is 0 Å². The van der Waals surface area contributed by atoms with Gasteiger partial charge in [-0.05, 0) is 0 Å². The summed E-state index contributed by atoms with van der Waals surface area (Å²) >= 11 is 0. The summed E-state index contributed by atoms with van der Waals surface area (Å²) in [6.07, 6.45) is 4.60. The molecule has 58 valence electrons. The number of rotatable bonds is 1. The zero-order valence-electron chi connectivity index (χ0n) is 6.11. The van der Waals surface area contributed by atoms with Crippen LogP contribution in [0.25, 0.3) is 0 Å². The Bertz CT molecular complexity index is 273. The van der Waals surface area contributed by atoms with Crippen LogP contribution in [0.2, 0.25) is 0 Å². The van der Waals surface area contributed by atoms with E-state index in [1.807, 2.05) is 0 Å². The van der Waals surface area contributed by atoms with Gasteiger partial charge in [0, 0.05) is 6.92 Å². The maximum absolute atomic E-state index is 10.5. The van der Waals surface area contributed by atoms with Crippen LogP contribution in [0.3, 0.4) is 0 Å². The molecule has 0 bridgehead atoms. The van der Waals surface area contributed by atoms with Crippen molar-refractivity contribution in [3.05, 3.63) is 18.6 Å². The molecule has 1 rings (SSSR count). The van der Waals surface area contributed by atoms with E-state index < -0.39 is 0 Å². The summed E-state index contributed by atoms with van der Waals surface area (Å²) in [5.41, 5.74) is 0. The molecule has 0 fully saturated rings. The molecule has 0 aliphatic carbocycles. The van der Waals surface area contributed by atoms with Crippen molar-refractivity contribution in [2.24, 2.45) is 0 Å². The standard InChI is InChI=1S/C6H8N4O/c1-5(11)9-6-4-10(7)3-2-8-6/h2-4H,1H3,(H2-,7,8,9,11)/p+1. The van der Waals surface area contributed by atoms with E-state index in [0.717, 1.165) is 0 Å². The highest BCUT2D eigenvalue weighted by Crippen LogP contribution is 1.93. The van der Waals surface area contributed by atoms with E-state index in [4.69, 9.17) is 5.84 Å². The van der Waals surface area contributed by atoms with Crippen LogP contribution in [0, 0.1) is 0 Å². The highest BCUT2D eigenvalue weighted by molar-refractivity contribution is 5.87. The van der Waals surface area contributed by atoms with Crippen molar-refractivity contribution in [2.45, 2.75) is 6.92 Å². The molecule has 0 atom stereocenters. The predicted octanol–water partition coefficient (Wildman–Crippen LogP) is -0.959. The van der Waals surface area contributed by atoms with Gasteiger partial charge in [0.2, 0.25) is 24.1 Å². The second-order valence-electron chi connectivity index (χ2n) is 2.07. The quantitative estimate of drug-likeness (QED) is 0.403. The average molecular weight is 153 g/mol. The van der Waals surface area contributed by atoms with Crippen molar-refractivity contribution in [1.29, 1.82) is 0 Å². The molecule has 0 aliphatic heterocycles. The minimum absolute atomic E-state index is 0.163. The summed E-state index contributed by atoms with van der Waals surface area (Å²) in [5, 5.41) is 2.49. The first kappa shape index (κ1) is 7.46. The molecule has 0 spiro atoms. The third-order valence-corrected chi connectivity index (χ3v) is 1.03. The fourth-order valence-electron chi connectivity index (χ4n) is 0.653. The summed E-state index contributed by atoms with van der Waals surface area (Å²) in [4.78, 5) is 14.4. The molecule has 0 saturated heterocycles. The summed E-state index contributed by atoms with van der Waals surface area (Å²) < 4.78 is 1.32. The number of aromatic nitrogens is 2. The Hall–Kier alpha value is -1.65. The number of nitrogens with zero attached hydrogens (tertiary/aromatic N) is 2. The summed E-state index contributed by atoms with van der Waals surface area (Å²) in [5.74, 6) is 5.64. The lowest BCUT2D eigenvalue weighted by molar-refractivity contribution is -0.638. The lowest BCUT2D eigenvalue weighted by Gasteiger charge is -1.95. The van der Waals surface area contributed by atoms with E-state index in [2.05, 4.69) is 10.3 Å². The summed E-state index contributed by atoms with van der Waals surface area (Å²) in [7, 11) is 0. The van der Waals surface area contributed by atoms with Crippen molar-refractivity contribution in [1.82, 2.24) is 4.98 Å². The first-order valence-corrected chi connectivity index (χ1v) is 3.08. The van der Waals surface area contributed by atoms with Gasteiger partial charge < -0.3 is 5.32 Å². The van der Waals surface area contributed by atoms with Crippen LogP contribution >= 0.6 is 0 Å². The maximum Gasteiger partial charge on any atom is 0.241 e. The zero-order chi connectivity index (χ0) is 8.27. The summed E-state index contributed by atoms with van der Waals surface area (Å²) in [6, 6.07) is 0. The Morgan fingerprint density at radius 2 is 2.55 bits per heavy atom. The second-order valence-corrected chi connectivity index (χ2v) is 2.07. The molecule has 5 heteroatoms. The average Bonchev–Trinajstić information content (AvgIpc) is 1.85. The molecule has 0 saturated carbocycles. The van der Waals surface area contributed by atoms with Crippen LogP contribution in [-0.4, -0.2) is 10.9 Å². The van der Waals surface area contributed by atoms with Gasteiger partial charge in [0.15, 0.2) is 0 Å². The Balaban J connectivity index is 2.79. The van der Waals surface area contributed by atoms with Gasteiger partial charge in [0.25, 0.3) is 0 Å². The van der Waals surface area contributed by atoms with Crippen molar-refractivity contribution in [3.63, 3.8) is 0 Å². The fourth-order valence-corrected chi connectivity index (χ4v) is 0.653. The molecule has 0 radical (unpaired) electrons. The Morgan fingerprint density at radius 3 is 3.09 bits per heavy atom. The van der Waals surface area contributed by atoms with Crippen molar-refractivity contribution >= 4 is 11.7 Å².